The van der Waals surface area contributed by atoms with Crippen molar-refractivity contribution in [2.24, 2.45) is 0 Å². The van der Waals surface area contributed by atoms with Crippen LogP contribution in [0.1, 0.15) is 55.9 Å². The topological polar surface area (TPSA) is 21.7 Å². The molecule has 1 atom stereocenters. The highest BCUT2D eigenvalue weighted by Crippen LogP contribution is 2.19. The molecular formula is C24H33NO2S. The third-order valence-electron chi connectivity index (χ3n) is 5.14. The zero-order chi connectivity index (χ0) is 19.4. The molecule has 1 aliphatic rings. The first-order chi connectivity index (χ1) is 13.8. The highest BCUT2D eigenvalue weighted by Gasteiger charge is 2.13. The maximum atomic E-state index is 5.82. The normalized spacial score (nSPS) is 17.2. The molecule has 1 fully saturated rings. The number of nitrogens with zero attached hydrogens (tertiary/aromatic N) is 1. The highest BCUT2D eigenvalue weighted by atomic mass is 32.1. The van der Waals surface area contributed by atoms with Gasteiger partial charge >= 0.3 is 0 Å². The minimum atomic E-state index is 0.0493. The Morgan fingerprint density at radius 3 is 2.71 bits per heavy atom. The Labute approximate surface area is 174 Å². The molecule has 1 aromatic heterocycles. The van der Waals surface area contributed by atoms with Gasteiger partial charge in [0, 0.05) is 36.9 Å². The molecule has 0 radical (unpaired) electrons. The second kappa shape index (κ2) is 12.1. The Balaban J connectivity index is 1.35. The van der Waals surface area contributed by atoms with Crippen LogP contribution in [-0.4, -0.2) is 32.6 Å². The van der Waals surface area contributed by atoms with Crippen LogP contribution in [0, 0.1) is 0 Å². The molecule has 2 heterocycles. The van der Waals surface area contributed by atoms with Gasteiger partial charge in [-0.2, -0.15) is 0 Å². The van der Waals surface area contributed by atoms with E-state index in [1.54, 1.807) is 11.3 Å². The molecule has 3 rings (SSSR count). The lowest BCUT2D eigenvalue weighted by atomic mass is 10.1. The molecule has 2 aromatic rings. The first-order valence-corrected chi connectivity index (χ1v) is 11.5. The Morgan fingerprint density at radius 1 is 1.11 bits per heavy atom. The zero-order valence-corrected chi connectivity index (χ0v) is 17.8. The summed E-state index contributed by atoms with van der Waals surface area (Å²) < 4.78 is 11.4. The van der Waals surface area contributed by atoms with E-state index in [2.05, 4.69) is 65.8 Å². The summed E-state index contributed by atoms with van der Waals surface area (Å²) in [5, 5.41) is 2.11. The number of hydrogen-bond acceptors (Lipinski definition) is 4. The van der Waals surface area contributed by atoms with Crippen LogP contribution in [0.15, 0.2) is 41.8 Å². The zero-order valence-electron chi connectivity index (χ0n) is 17.0. The molecular weight excluding hydrogens is 366 g/mol. The fourth-order valence-corrected chi connectivity index (χ4v) is 4.09. The predicted octanol–water partition coefficient (Wildman–Crippen LogP) is 6.46. The summed E-state index contributed by atoms with van der Waals surface area (Å²) >= 11 is 1.77. The molecule has 1 aromatic carbocycles. The molecule has 0 aliphatic carbocycles. The summed E-state index contributed by atoms with van der Waals surface area (Å²) in [6, 6.07) is 13.1. The van der Waals surface area contributed by atoms with E-state index in [1.807, 2.05) is 0 Å². The Bertz CT molecular complexity index is 675. The lowest BCUT2D eigenvalue weighted by molar-refractivity contribution is -0.162. The van der Waals surface area contributed by atoms with Crippen molar-refractivity contribution in [3.63, 3.8) is 0 Å². The molecule has 152 valence electrons. The summed E-state index contributed by atoms with van der Waals surface area (Å²) in [6.07, 6.45) is 11.4. The van der Waals surface area contributed by atoms with E-state index >= 15 is 0 Å². The number of thiophene rings is 1. The molecule has 1 aliphatic heterocycles. The number of rotatable bonds is 11. The molecule has 0 saturated carbocycles. The summed E-state index contributed by atoms with van der Waals surface area (Å²) in [5.74, 6) is 0. The monoisotopic (exact) mass is 399 g/mol. The van der Waals surface area contributed by atoms with Gasteiger partial charge in [-0.05, 0) is 80.7 Å². The van der Waals surface area contributed by atoms with Gasteiger partial charge in [0.25, 0.3) is 0 Å². The van der Waals surface area contributed by atoms with Crippen LogP contribution in [0.5, 0.6) is 0 Å². The number of benzene rings is 1. The predicted molar refractivity (Wildman–Crippen MR) is 121 cm³/mol. The van der Waals surface area contributed by atoms with Crippen molar-refractivity contribution < 1.29 is 9.47 Å². The van der Waals surface area contributed by atoms with Crippen molar-refractivity contribution >= 4 is 29.2 Å². The van der Waals surface area contributed by atoms with Crippen LogP contribution >= 0.6 is 11.3 Å². The Hall–Kier alpha value is -1.62. The van der Waals surface area contributed by atoms with Crippen LogP contribution in [0.4, 0.5) is 5.69 Å². The van der Waals surface area contributed by atoms with Crippen molar-refractivity contribution in [3.8, 4) is 0 Å². The quantitative estimate of drug-likeness (QED) is 0.405. The average Bonchev–Trinajstić information content (AvgIpc) is 3.27. The minimum Gasteiger partial charge on any atom is -0.372 e. The maximum absolute atomic E-state index is 5.82. The van der Waals surface area contributed by atoms with Crippen LogP contribution in [-0.2, 0) is 9.47 Å². The maximum Gasteiger partial charge on any atom is 0.157 e. The lowest BCUT2D eigenvalue weighted by Crippen LogP contribution is -2.24. The van der Waals surface area contributed by atoms with E-state index in [1.165, 1.54) is 41.8 Å². The van der Waals surface area contributed by atoms with Crippen molar-refractivity contribution in [2.45, 2.75) is 51.7 Å². The minimum absolute atomic E-state index is 0.0493. The summed E-state index contributed by atoms with van der Waals surface area (Å²) in [5.41, 5.74) is 2.55. The van der Waals surface area contributed by atoms with Crippen LogP contribution in [0.3, 0.4) is 0 Å². The van der Waals surface area contributed by atoms with Crippen molar-refractivity contribution in [2.75, 3.05) is 31.2 Å². The van der Waals surface area contributed by atoms with Crippen LogP contribution in [0.25, 0.3) is 12.2 Å². The van der Waals surface area contributed by atoms with Gasteiger partial charge in [-0.3, -0.25) is 0 Å². The first-order valence-electron chi connectivity index (χ1n) is 10.6. The van der Waals surface area contributed by atoms with Crippen molar-refractivity contribution in [1.82, 2.24) is 0 Å². The van der Waals surface area contributed by atoms with Crippen molar-refractivity contribution in [3.05, 3.63) is 52.2 Å². The molecule has 4 heteroatoms. The second-order valence-electron chi connectivity index (χ2n) is 7.25. The third-order valence-corrected chi connectivity index (χ3v) is 5.97. The molecule has 0 N–H and O–H groups in total. The Kier molecular flexibility index (Phi) is 9.08. The van der Waals surface area contributed by atoms with Gasteiger partial charge in [-0.15, -0.1) is 11.3 Å². The standard InChI is InChI=1S/C24H33NO2S/c1-2-25(17-5-3-6-18-26-24-10-4-7-19-27-24)22-14-11-21(12-15-22)13-16-23-9-8-20-28-23/h8-9,11-16,20,24H,2-7,10,17-19H2,1H3. The van der Waals surface area contributed by atoms with E-state index in [4.69, 9.17) is 9.47 Å². The number of hydrogen-bond donors (Lipinski definition) is 0. The van der Waals surface area contributed by atoms with Crippen LogP contribution in [0.2, 0.25) is 0 Å². The van der Waals surface area contributed by atoms with E-state index in [-0.39, 0.29) is 6.29 Å². The van der Waals surface area contributed by atoms with Crippen molar-refractivity contribution in [1.29, 1.82) is 0 Å². The molecule has 0 amide bonds. The first kappa shape index (κ1) is 21.1. The SMILES string of the molecule is CCN(CCCCCOC1CCCCO1)c1ccc(C=Cc2cccs2)cc1. The molecule has 0 bridgehead atoms. The number of anilines is 1. The second-order valence-corrected chi connectivity index (χ2v) is 8.23. The highest BCUT2D eigenvalue weighted by molar-refractivity contribution is 7.10. The third kappa shape index (κ3) is 7.08. The molecule has 1 unspecified atom stereocenters. The van der Waals surface area contributed by atoms with Gasteiger partial charge in [-0.1, -0.05) is 24.3 Å². The van der Waals surface area contributed by atoms with E-state index < -0.39 is 0 Å². The van der Waals surface area contributed by atoms with Crippen LogP contribution < -0.4 is 4.90 Å². The van der Waals surface area contributed by atoms with Gasteiger partial charge in [0.15, 0.2) is 6.29 Å². The van der Waals surface area contributed by atoms with E-state index in [0.717, 1.165) is 39.1 Å². The van der Waals surface area contributed by atoms with E-state index in [0.29, 0.717) is 0 Å². The number of unbranched alkanes of at least 4 members (excludes halogenated alkanes) is 2. The molecule has 1 saturated heterocycles. The summed E-state index contributed by atoms with van der Waals surface area (Å²) in [7, 11) is 0. The molecule has 0 spiro atoms. The molecule has 28 heavy (non-hydrogen) atoms. The van der Waals surface area contributed by atoms with Gasteiger partial charge < -0.3 is 14.4 Å². The average molecular weight is 400 g/mol. The smallest absolute Gasteiger partial charge is 0.157 e. The van der Waals surface area contributed by atoms with Gasteiger partial charge in [0.2, 0.25) is 0 Å². The fourth-order valence-electron chi connectivity index (χ4n) is 3.47. The summed E-state index contributed by atoms with van der Waals surface area (Å²) in [4.78, 5) is 3.75. The Morgan fingerprint density at radius 2 is 2.00 bits per heavy atom. The lowest BCUT2D eigenvalue weighted by Gasteiger charge is -2.24. The number of ether oxygens (including phenoxy) is 2. The van der Waals surface area contributed by atoms with Gasteiger partial charge in [0.05, 0.1) is 0 Å². The van der Waals surface area contributed by atoms with Gasteiger partial charge in [-0.25, -0.2) is 0 Å². The fraction of sp³-hybridized carbons (Fsp3) is 0.500. The summed E-state index contributed by atoms with van der Waals surface area (Å²) in [6.45, 7) is 6.05. The largest absolute Gasteiger partial charge is 0.372 e. The van der Waals surface area contributed by atoms with Gasteiger partial charge in [0.1, 0.15) is 0 Å². The van der Waals surface area contributed by atoms with E-state index in [9.17, 15) is 0 Å². The molecule has 3 nitrogen and oxygen atoms in total.